The Balaban J connectivity index is 1.18. The number of nitrogens with one attached hydrogen (secondary N) is 2. The number of amides is 2. The third kappa shape index (κ3) is 5.50. The van der Waals surface area contributed by atoms with Gasteiger partial charge >= 0.3 is 12.1 Å². The van der Waals surface area contributed by atoms with Crippen LogP contribution in [0.4, 0.5) is 4.79 Å². The molecule has 0 radical (unpaired) electrons. The second-order valence-electron chi connectivity index (χ2n) is 10.2. The summed E-state index contributed by atoms with van der Waals surface area (Å²) in [5.41, 5.74) is 4.62. The number of carboxylic acid groups (broad SMARTS) is 1. The van der Waals surface area contributed by atoms with Crippen LogP contribution >= 0.6 is 0 Å². The maximum atomic E-state index is 13.0. The van der Waals surface area contributed by atoms with E-state index in [1.807, 2.05) is 24.3 Å². The second kappa shape index (κ2) is 10.1. The van der Waals surface area contributed by atoms with Crippen molar-refractivity contribution in [2.24, 2.45) is 11.8 Å². The Bertz CT molecular complexity index is 1070. The molecule has 0 aromatic heterocycles. The van der Waals surface area contributed by atoms with Crippen LogP contribution in [0.1, 0.15) is 62.0 Å². The summed E-state index contributed by atoms with van der Waals surface area (Å²) in [4.78, 5) is 36.8. The summed E-state index contributed by atoms with van der Waals surface area (Å²) in [6.45, 7) is 0.205. The van der Waals surface area contributed by atoms with Crippen molar-refractivity contribution in [3.8, 4) is 11.1 Å². The summed E-state index contributed by atoms with van der Waals surface area (Å²) < 4.78 is 5.66. The zero-order valence-electron chi connectivity index (χ0n) is 19.7. The number of hydrogen-bond donors (Lipinski definition) is 3. The molecule has 0 saturated heterocycles. The minimum atomic E-state index is -0.800. The third-order valence-electron chi connectivity index (χ3n) is 7.57. The maximum absolute atomic E-state index is 13.0. The Morgan fingerprint density at radius 1 is 0.914 bits per heavy atom. The molecule has 2 aromatic rings. The average Bonchev–Trinajstić information content (AvgIpc) is 3.47. The summed E-state index contributed by atoms with van der Waals surface area (Å²) >= 11 is 0. The third-order valence-corrected chi connectivity index (χ3v) is 7.57. The number of carboxylic acids is 1. The molecular weight excluding hydrogens is 444 g/mol. The average molecular weight is 477 g/mol. The van der Waals surface area contributed by atoms with Crippen molar-refractivity contribution in [3.63, 3.8) is 0 Å². The number of aliphatic carboxylic acids is 1. The van der Waals surface area contributed by atoms with Crippen LogP contribution < -0.4 is 10.6 Å². The lowest BCUT2D eigenvalue weighted by atomic mass is 9.98. The molecule has 0 bridgehead atoms. The van der Waals surface area contributed by atoms with Gasteiger partial charge in [0.1, 0.15) is 12.6 Å². The predicted octanol–water partition coefficient (Wildman–Crippen LogP) is 4.45. The lowest BCUT2D eigenvalue weighted by molar-refractivity contribution is -0.138. The largest absolute Gasteiger partial charge is 0.481 e. The van der Waals surface area contributed by atoms with E-state index in [0.29, 0.717) is 18.8 Å². The van der Waals surface area contributed by atoms with Crippen LogP contribution in [0.5, 0.6) is 0 Å². The first-order valence-corrected chi connectivity index (χ1v) is 12.6. The molecule has 3 aliphatic rings. The number of carbonyl (C=O) groups excluding carboxylic acids is 2. The number of rotatable bonds is 9. The van der Waals surface area contributed by atoms with E-state index in [4.69, 9.17) is 9.84 Å². The van der Waals surface area contributed by atoms with Gasteiger partial charge in [-0.1, -0.05) is 61.4 Å². The Morgan fingerprint density at radius 2 is 1.54 bits per heavy atom. The number of alkyl carbamates (subject to hydrolysis) is 1. The predicted molar refractivity (Wildman–Crippen MR) is 131 cm³/mol. The molecule has 2 aromatic carbocycles. The van der Waals surface area contributed by atoms with Gasteiger partial charge in [0.15, 0.2) is 0 Å². The molecule has 3 atom stereocenters. The summed E-state index contributed by atoms with van der Waals surface area (Å²) in [6.07, 6.45) is 4.52. The molecule has 7 heteroatoms. The van der Waals surface area contributed by atoms with E-state index in [0.717, 1.165) is 36.8 Å². The Kier molecular flexibility index (Phi) is 6.75. The fourth-order valence-corrected chi connectivity index (χ4v) is 5.64. The first kappa shape index (κ1) is 23.4. The molecule has 2 saturated carbocycles. The van der Waals surface area contributed by atoms with Crippen molar-refractivity contribution >= 4 is 18.0 Å². The summed E-state index contributed by atoms with van der Waals surface area (Å²) in [6, 6.07) is 15.7. The van der Waals surface area contributed by atoms with E-state index in [1.54, 1.807) is 0 Å². The smallest absolute Gasteiger partial charge is 0.407 e. The van der Waals surface area contributed by atoms with Crippen LogP contribution in [0.2, 0.25) is 0 Å². The van der Waals surface area contributed by atoms with Gasteiger partial charge in [0.25, 0.3) is 0 Å². The van der Waals surface area contributed by atoms with E-state index >= 15 is 0 Å². The van der Waals surface area contributed by atoms with Crippen molar-refractivity contribution in [3.05, 3.63) is 59.7 Å². The van der Waals surface area contributed by atoms with Crippen molar-refractivity contribution in [2.45, 2.75) is 62.9 Å². The molecule has 7 nitrogen and oxygen atoms in total. The van der Waals surface area contributed by atoms with Crippen LogP contribution in [-0.2, 0) is 14.3 Å². The Labute approximate surface area is 205 Å². The molecule has 0 spiro atoms. The highest BCUT2D eigenvalue weighted by atomic mass is 16.5. The molecule has 0 heterocycles. The van der Waals surface area contributed by atoms with Crippen LogP contribution in [-0.4, -0.2) is 41.8 Å². The Morgan fingerprint density at radius 3 is 2.17 bits per heavy atom. The van der Waals surface area contributed by atoms with Crippen molar-refractivity contribution in [1.82, 2.24) is 10.6 Å². The second-order valence-corrected chi connectivity index (χ2v) is 10.2. The molecule has 5 rings (SSSR count). The summed E-state index contributed by atoms with van der Waals surface area (Å²) in [5, 5.41) is 14.9. The summed E-state index contributed by atoms with van der Waals surface area (Å²) in [7, 11) is 0. The molecule has 2 fully saturated rings. The zero-order chi connectivity index (χ0) is 24.4. The Hall–Kier alpha value is -3.35. The van der Waals surface area contributed by atoms with Gasteiger partial charge in [-0.3, -0.25) is 9.59 Å². The molecule has 2 amide bonds. The van der Waals surface area contributed by atoms with E-state index in [-0.39, 0.29) is 36.8 Å². The van der Waals surface area contributed by atoms with E-state index in [2.05, 4.69) is 34.9 Å². The molecule has 3 N–H and O–H groups in total. The quantitative estimate of drug-likeness (QED) is 0.496. The molecule has 1 unspecified atom stereocenters. The zero-order valence-corrected chi connectivity index (χ0v) is 19.7. The lowest BCUT2D eigenvalue weighted by Crippen LogP contribution is -2.49. The van der Waals surface area contributed by atoms with Crippen molar-refractivity contribution < 1.29 is 24.2 Å². The SMILES string of the molecule is O=C(O)C[C@@H]1CC[C@H](NC(=O)C(CC2CC2)NC(=O)OCC2c3ccccc3-c3ccccc32)C1. The minimum Gasteiger partial charge on any atom is -0.481 e. The van der Waals surface area contributed by atoms with Crippen LogP contribution in [0, 0.1) is 11.8 Å². The van der Waals surface area contributed by atoms with Gasteiger partial charge in [-0.25, -0.2) is 4.79 Å². The minimum absolute atomic E-state index is 0.0338. The van der Waals surface area contributed by atoms with Gasteiger partial charge in [0, 0.05) is 18.4 Å². The van der Waals surface area contributed by atoms with Gasteiger partial charge in [0.2, 0.25) is 5.91 Å². The lowest BCUT2D eigenvalue weighted by Gasteiger charge is -2.22. The van der Waals surface area contributed by atoms with Gasteiger partial charge in [0.05, 0.1) is 0 Å². The van der Waals surface area contributed by atoms with Crippen LogP contribution in [0.15, 0.2) is 48.5 Å². The number of benzene rings is 2. The fraction of sp³-hybridized carbons (Fsp3) is 0.464. The van der Waals surface area contributed by atoms with E-state index in [1.165, 1.54) is 11.1 Å². The van der Waals surface area contributed by atoms with Crippen LogP contribution in [0.25, 0.3) is 11.1 Å². The monoisotopic (exact) mass is 476 g/mol. The molecular formula is C28H32N2O5. The van der Waals surface area contributed by atoms with Gasteiger partial charge in [-0.05, 0) is 59.8 Å². The van der Waals surface area contributed by atoms with E-state index in [9.17, 15) is 14.4 Å². The normalized spacial score (nSPS) is 21.6. The first-order valence-electron chi connectivity index (χ1n) is 12.6. The van der Waals surface area contributed by atoms with Crippen molar-refractivity contribution in [1.29, 1.82) is 0 Å². The highest BCUT2D eigenvalue weighted by molar-refractivity contribution is 5.86. The molecule has 35 heavy (non-hydrogen) atoms. The van der Waals surface area contributed by atoms with Gasteiger partial charge < -0.3 is 20.5 Å². The first-order chi connectivity index (χ1) is 17.0. The van der Waals surface area contributed by atoms with Crippen LogP contribution in [0.3, 0.4) is 0 Å². The number of ether oxygens (including phenoxy) is 1. The highest BCUT2D eigenvalue weighted by Crippen LogP contribution is 2.44. The fourth-order valence-electron chi connectivity index (χ4n) is 5.64. The van der Waals surface area contributed by atoms with Gasteiger partial charge in [-0.15, -0.1) is 0 Å². The molecule has 3 aliphatic carbocycles. The number of carbonyl (C=O) groups is 3. The number of fused-ring (bicyclic) bond motifs is 3. The highest BCUT2D eigenvalue weighted by Gasteiger charge is 2.34. The molecule has 184 valence electrons. The van der Waals surface area contributed by atoms with E-state index < -0.39 is 18.1 Å². The van der Waals surface area contributed by atoms with Gasteiger partial charge in [-0.2, -0.15) is 0 Å². The van der Waals surface area contributed by atoms with Crippen molar-refractivity contribution in [2.75, 3.05) is 6.61 Å². The summed E-state index contributed by atoms with van der Waals surface area (Å²) in [5.74, 6) is -0.497. The number of hydrogen-bond acceptors (Lipinski definition) is 4. The maximum Gasteiger partial charge on any atom is 0.407 e. The topological polar surface area (TPSA) is 105 Å². The molecule has 0 aliphatic heterocycles. The standard InChI is InChI=1S/C28H32N2O5/c31-26(32)15-18-11-12-19(13-18)29-27(33)25(14-17-9-10-17)30-28(34)35-16-24-22-7-3-1-5-20(22)21-6-2-4-8-23(21)24/h1-8,17-19,24-25H,9-16H2,(H,29,33)(H,30,34)(H,31,32)/t18-,19+,25?/m1/s1.